The molecule has 11 heteroatoms. The molecule has 0 amide bonds. The van der Waals surface area contributed by atoms with Crippen LogP contribution in [-0.2, 0) is 0 Å². The molecule has 0 aliphatic heterocycles. The highest BCUT2D eigenvalue weighted by atomic mass is 19.1. The second-order valence-electron chi connectivity index (χ2n) is 9.94. The number of aromatic nitrogens is 3. The number of nitrogens with two attached hydrogens (primary N) is 1. The van der Waals surface area contributed by atoms with Crippen LogP contribution in [0.15, 0.2) is 82.6 Å². The lowest BCUT2D eigenvalue weighted by molar-refractivity contribution is 0.425. The molecule has 0 spiro atoms. The number of nitrogens with zero attached hydrogens (tertiary/aromatic N) is 5. The SMILES string of the molecule is Cc1ccc(C(N)=Nc2ccc(F)cc2)cc1-c1nc(NCCN(C)C)nc2c1ccc(=O)n2-c1c(F)cccc1F. The summed E-state index contributed by atoms with van der Waals surface area (Å²) in [5.74, 6) is -1.83. The molecule has 2 heterocycles. The largest absolute Gasteiger partial charge is 0.383 e. The van der Waals surface area contributed by atoms with Gasteiger partial charge in [-0.25, -0.2) is 23.1 Å². The zero-order valence-corrected chi connectivity index (χ0v) is 23.2. The smallest absolute Gasteiger partial charge is 0.256 e. The monoisotopic (exact) mass is 571 g/mol. The Hall–Kier alpha value is -5.03. The van der Waals surface area contributed by atoms with E-state index in [9.17, 15) is 18.0 Å². The van der Waals surface area contributed by atoms with Crippen molar-refractivity contribution in [2.24, 2.45) is 10.7 Å². The summed E-state index contributed by atoms with van der Waals surface area (Å²) in [4.78, 5) is 28.8. The average Bonchev–Trinajstić information content (AvgIpc) is 2.95. The summed E-state index contributed by atoms with van der Waals surface area (Å²) in [7, 11) is 3.83. The molecule has 214 valence electrons. The maximum atomic E-state index is 15.0. The molecule has 5 rings (SSSR count). The molecule has 0 saturated carbocycles. The predicted octanol–water partition coefficient (Wildman–Crippen LogP) is 5.18. The van der Waals surface area contributed by atoms with E-state index in [2.05, 4.69) is 15.3 Å². The number of nitrogens with one attached hydrogen (secondary N) is 1. The Morgan fingerprint density at radius 3 is 2.38 bits per heavy atom. The number of hydrogen-bond acceptors (Lipinski definition) is 6. The lowest BCUT2D eigenvalue weighted by Gasteiger charge is -2.17. The number of likely N-dealkylation sites (N-methyl/N-ethyl adjacent to an activating group) is 1. The van der Waals surface area contributed by atoms with E-state index in [4.69, 9.17) is 10.7 Å². The van der Waals surface area contributed by atoms with Crippen molar-refractivity contribution >= 4 is 28.5 Å². The number of rotatable bonds is 8. The fourth-order valence-corrected chi connectivity index (χ4v) is 4.47. The number of halogens is 3. The molecule has 3 aromatic carbocycles. The van der Waals surface area contributed by atoms with Gasteiger partial charge < -0.3 is 16.0 Å². The third-order valence-electron chi connectivity index (χ3n) is 6.62. The number of hydrogen-bond donors (Lipinski definition) is 2. The van der Waals surface area contributed by atoms with Crippen molar-refractivity contribution < 1.29 is 13.2 Å². The van der Waals surface area contributed by atoms with Crippen LogP contribution in [0.25, 0.3) is 28.0 Å². The predicted molar refractivity (Wildman–Crippen MR) is 159 cm³/mol. The van der Waals surface area contributed by atoms with Crippen molar-refractivity contribution in [1.29, 1.82) is 0 Å². The lowest BCUT2D eigenvalue weighted by Crippen LogP contribution is -2.23. The van der Waals surface area contributed by atoms with Crippen molar-refractivity contribution in [3.05, 3.63) is 112 Å². The topological polar surface area (TPSA) is 101 Å². The fourth-order valence-electron chi connectivity index (χ4n) is 4.47. The van der Waals surface area contributed by atoms with E-state index in [1.54, 1.807) is 12.1 Å². The molecule has 3 N–H and O–H groups in total. The van der Waals surface area contributed by atoms with Crippen molar-refractivity contribution in [3.8, 4) is 16.9 Å². The Kier molecular flexibility index (Phi) is 8.03. The number of aryl methyl sites for hydroxylation is 1. The first-order valence-electron chi connectivity index (χ1n) is 13.1. The van der Waals surface area contributed by atoms with Crippen molar-refractivity contribution in [3.63, 3.8) is 0 Å². The lowest BCUT2D eigenvalue weighted by atomic mass is 9.99. The maximum Gasteiger partial charge on any atom is 0.256 e. The van der Waals surface area contributed by atoms with Gasteiger partial charge >= 0.3 is 0 Å². The molecule has 42 heavy (non-hydrogen) atoms. The highest BCUT2D eigenvalue weighted by Gasteiger charge is 2.20. The number of amidine groups is 1. The number of anilines is 1. The standard InChI is InChI=1S/C31H28F3N7O/c1-18-7-8-19(29(35)37-21-11-9-20(32)10-12-21)17-23(18)27-22-13-14-26(42)41(28-24(33)5-4-6-25(28)34)30(22)39-31(38-27)36-15-16-40(2)3/h4-14,17H,15-16H2,1-3H3,(H2,35,37)(H,36,38,39). The molecule has 0 saturated heterocycles. The molecule has 0 unspecified atom stereocenters. The first-order valence-corrected chi connectivity index (χ1v) is 13.1. The summed E-state index contributed by atoms with van der Waals surface area (Å²) in [6.07, 6.45) is 0. The third kappa shape index (κ3) is 5.86. The first-order chi connectivity index (χ1) is 20.1. The zero-order valence-electron chi connectivity index (χ0n) is 23.2. The second-order valence-corrected chi connectivity index (χ2v) is 9.94. The van der Waals surface area contributed by atoms with Crippen LogP contribution in [0, 0.1) is 24.4 Å². The highest BCUT2D eigenvalue weighted by Crippen LogP contribution is 2.32. The summed E-state index contributed by atoms with van der Waals surface area (Å²) in [6.45, 7) is 3.01. The van der Waals surface area contributed by atoms with Gasteiger partial charge in [0.25, 0.3) is 5.56 Å². The number of benzene rings is 3. The Labute approximate surface area is 240 Å². The summed E-state index contributed by atoms with van der Waals surface area (Å²) >= 11 is 0. The van der Waals surface area contributed by atoms with E-state index in [-0.39, 0.29) is 23.2 Å². The molecule has 0 aliphatic rings. The third-order valence-corrected chi connectivity index (χ3v) is 6.62. The molecule has 0 fully saturated rings. The van der Waals surface area contributed by atoms with Crippen molar-refractivity contribution in [2.75, 3.05) is 32.5 Å². The van der Waals surface area contributed by atoms with E-state index in [1.165, 1.54) is 42.5 Å². The summed E-state index contributed by atoms with van der Waals surface area (Å²) in [6, 6.07) is 17.2. The van der Waals surface area contributed by atoms with Crippen LogP contribution >= 0.6 is 0 Å². The summed E-state index contributed by atoms with van der Waals surface area (Å²) < 4.78 is 44.2. The van der Waals surface area contributed by atoms with E-state index in [1.807, 2.05) is 32.0 Å². The van der Waals surface area contributed by atoms with Gasteiger partial charge in [0, 0.05) is 35.7 Å². The van der Waals surface area contributed by atoms with Gasteiger partial charge in [-0.3, -0.25) is 9.36 Å². The number of fused-ring (bicyclic) bond motifs is 1. The minimum absolute atomic E-state index is 0.0293. The quantitative estimate of drug-likeness (QED) is 0.197. The van der Waals surface area contributed by atoms with Crippen LogP contribution in [0.1, 0.15) is 11.1 Å². The molecular weight excluding hydrogens is 543 g/mol. The van der Waals surface area contributed by atoms with Gasteiger partial charge in [0.05, 0.1) is 11.4 Å². The molecule has 8 nitrogen and oxygen atoms in total. The normalized spacial score (nSPS) is 11.8. The van der Waals surface area contributed by atoms with Gasteiger partial charge in [-0.05, 0) is 75.1 Å². The first kappa shape index (κ1) is 28.5. The van der Waals surface area contributed by atoms with E-state index >= 15 is 0 Å². The van der Waals surface area contributed by atoms with Crippen LogP contribution in [0.2, 0.25) is 0 Å². The van der Waals surface area contributed by atoms with E-state index in [0.717, 1.165) is 22.3 Å². The highest BCUT2D eigenvalue weighted by molar-refractivity contribution is 6.01. The van der Waals surface area contributed by atoms with Crippen molar-refractivity contribution in [1.82, 2.24) is 19.4 Å². The van der Waals surface area contributed by atoms with Crippen LogP contribution in [0.3, 0.4) is 0 Å². The summed E-state index contributed by atoms with van der Waals surface area (Å²) in [5.41, 5.74) is 8.11. The van der Waals surface area contributed by atoms with Crippen molar-refractivity contribution in [2.45, 2.75) is 6.92 Å². The Bertz CT molecular complexity index is 1850. The van der Waals surface area contributed by atoms with Gasteiger partial charge in [0.1, 0.15) is 29.0 Å². The van der Waals surface area contributed by atoms with Crippen LogP contribution in [0.4, 0.5) is 24.8 Å². The van der Waals surface area contributed by atoms with Gasteiger partial charge in [-0.15, -0.1) is 0 Å². The van der Waals surface area contributed by atoms with Gasteiger partial charge in [-0.2, -0.15) is 4.98 Å². The summed E-state index contributed by atoms with van der Waals surface area (Å²) in [5, 5.41) is 3.55. The number of pyridine rings is 1. The molecule has 0 atom stereocenters. The van der Waals surface area contributed by atoms with Gasteiger partial charge in [0.2, 0.25) is 5.95 Å². The molecular formula is C31H28F3N7O. The Morgan fingerprint density at radius 1 is 0.976 bits per heavy atom. The molecule has 2 aromatic heterocycles. The van der Waals surface area contributed by atoms with Crippen LogP contribution in [-0.4, -0.2) is 52.5 Å². The second kappa shape index (κ2) is 11.8. The molecule has 0 radical (unpaired) electrons. The minimum atomic E-state index is -0.908. The van der Waals surface area contributed by atoms with Gasteiger partial charge in [0.15, 0.2) is 5.65 Å². The van der Waals surface area contributed by atoms with E-state index < -0.39 is 22.9 Å². The molecule has 0 bridgehead atoms. The number of para-hydroxylation sites is 1. The zero-order chi connectivity index (χ0) is 30.0. The fraction of sp³-hybridized carbons (Fsp3) is 0.161. The molecule has 5 aromatic rings. The van der Waals surface area contributed by atoms with E-state index in [0.29, 0.717) is 41.0 Å². The maximum absolute atomic E-state index is 15.0. The Balaban J connectivity index is 1.73. The van der Waals surface area contributed by atoms with Gasteiger partial charge in [-0.1, -0.05) is 18.2 Å². The Morgan fingerprint density at radius 2 is 1.69 bits per heavy atom. The average molecular weight is 572 g/mol. The van der Waals surface area contributed by atoms with Crippen LogP contribution in [0.5, 0.6) is 0 Å². The number of aliphatic imine (C=N–C) groups is 1. The minimum Gasteiger partial charge on any atom is -0.383 e. The van der Waals surface area contributed by atoms with Crippen LogP contribution < -0.4 is 16.6 Å². The molecule has 0 aliphatic carbocycles.